The predicted octanol–water partition coefficient (Wildman–Crippen LogP) is 3.24. The summed E-state index contributed by atoms with van der Waals surface area (Å²) >= 11 is 0. The molecule has 12 heteroatoms. The number of alkyl carbamates (subject to hydrolysis) is 1. The maximum atomic E-state index is 13.2. The standard InChI is InChI=1S/C12H14F6N4O2/c1-2-3-7-24-9(23)22-10(11(13,14)15,12(16,17)18)21-8-19-5-4-6-20-8/h4-6H,2-3,7H2,1H3,(H,22,23)(H,19,20,21). The van der Waals surface area contributed by atoms with Gasteiger partial charge in [0.2, 0.25) is 5.95 Å². The molecule has 0 bridgehead atoms. The van der Waals surface area contributed by atoms with Gasteiger partial charge in [-0.05, 0) is 12.5 Å². The Morgan fingerprint density at radius 2 is 1.67 bits per heavy atom. The van der Waals surface area contributed by atoms with Crippen LogP contribution in [0.15, 0.2) is 18.5 Å². The van der Waals surface area contributed by atoms with Gasteiger partial charge < -0.3 is 10.1 Å². The fraction of sp³-hybridized carbons (Fsp3) is 0.583. The first-order valence-corrected chi connectivity index (χ1v) is 6.67. The van der Waals surface area contributed by atoms with Crippen LogP contribution in [0.4, 0.5) is 37.1 Å². The number of unbranched alkanes of at least 4 members (excludes halogenated alkanes) is 1. The van der Waals surface area contributed by atoms with Gasteiger partial charge in [-0.2, -0.15) is 26.3 Å². The number of anilines is 1. The van der Waals surface area contributed by atoms with E-state index < -0.39 is 30.1 Å². The van der Waals surface area contributed by atoms with Gasteiger partial charge >= 0.3 is 24.1 Å². The zero-order chi connectivity index (χ0) is 18.4. The molecule has 0 aliphatic heterocycles. The molecule has 1 heterocycles. The highest BCUT2D eigenvalue weighted by Crippen LogP contribution is 2.43. The average Bonchev–Trinajstić information content (AvgIpc) is 2.45. The summed E-state index contributed by atoms with van der Waals surface area (Å²) in [6.45, 7) is 1.38. The minimum atomic E-state index is -5.95. The van der Waals surface area contributed by atoms with Crippen molar-refractivity contribution in [2.75, 3.05) is 11.9 Å². The van der Waals surface area contributed by atoms with Crippen LogP contribution in [0.25, 0.3) is 0 Å². The molecule has 2 N–H and O–H groups in total. The summed E-state index contributed by atoms with van der Waals surface area (Å²) in [5, 5.41) is 1.93. The maximum Gasteiger partial charge on any atom is 0.439 e. The molecule has 0 saturated carbocycles. The minimum Gasteiger partial charge on any atom is -0.450 e. The van der Waals surface area contributed by atoms with Crippen LogP contribution in [-0.4, -0.2) is 40.7 Å². The summed E-state index contributed by atoms with van der Waals surface area (Å²) in [6, 6.07) is 1.19. The van der Waals surface area contributed by atoms with Crippen LogP contribution < -0.4 is 10.6 Å². The topological polar surface area (TPSA) is 76.1 Å². The number of carbonyl (C=O) groups is 1. The van der Waals surface area contributed by atoms with E-state index in [4.69, 9.17) is 0 Å². The fourth-order valence-electron chi connectivity index (χ4n) is 1.51. The number of halogens is 6. The van der Waals surface area contributed by atoms with E-state index in [1.165, 1.54) is 6.07 Å². The molecule has 1 rings (SSSR count). The Balaban J connectivity index is 3.16. The van der Waals surface area contributed by atoms with Crippen molar-refractivity contribution in [1.82, 2.24) is 15.3 Å². The SMILES string of the molecule is CCCCOC(=O)NC(Nc1ncccn1)(C(F)(F)F)C(F)(F)F. The molecule has 0 saturated heterocycles. The molecular weight excluding hydrogens is 346 g/mol. The van der Waals surface area contributed by atoms with Crippen LogP contribution in [0, 0.1) is 0 Å². The van der Waals surface area contributed by atoms with Gasteiger partial charge in [0.1, 0.15) is 0 Å². The molecule has 6 nitrogen and oxygen atoms in total. The van der Waals surface area contributed by atoms with Crippen molar-refractivity contribution in [2.24, 2.45) is 0 Å². The Labute approximate surface area is 132 Å². The largest absolute Gasteiger partial charge is 0.450 e. The molecule has 1 amide bonds. The van der Waals surface area contributed by atoms with Crippen LogP contribution in [0.5, 0.6) is 0 Å². The molecule has 1 aromatic rings. The number of hydrogen-bond acceptors (Lipinski definition) is 5. The Morgan fingerprint density at radius 3 is 2.12 bits per heavy atom. The van der Waals surface area contributed by atoms with E-state index in [0.29, 0.717) is 6.42 Å². The van der Waals surface area contributed by atoms with Gasteiger partial charge in [0.05, 0.1) is 6.61 Å². The molecular formula is C12H14F6N4O2. The molecule has 0 fully saturated rings. The normalized spacial score (nSPS) is 12.6. The first-order chi connectivity index (χ1) is 11.0. The number of carbonyl (C=O) groups excluding carboxylic acids is 1. The number of nitrogens with one attached hydrogen (secondary N) is 2. The van der Waals surface area contributed by atoms with E-state index in [-0.39, 0.29) is 13.0 Å². The van der Waals surface area contributed by atoms with E-state index in [9.17, 15) is 31.1 Å². The van der Waals surface area contributed by atoms with Gasteiger partial charge in [-0.25, -0.2) is 14.8 Å². The number of amides is 1. The van der Waals surface area contributed by atoms with Crippen molar-refractivity contribution >= 4 is 12.0 Å². The van der Waals surface area contributed by atoms with E-state index in [1.54, 1.807) is 6.92 Å². The highest BCUT2D eigenvalue weighted by Gasteiger charge is 2.73. The molecule has 0 aliphatic rings. The van der Waals surface area contributed by atoms with E-state index in [2.05, 4.69) is 14.7 Å². The lowest BCUT2D eigenvalue weighted by Crippen LogP contribution is -2.72. The first kappa shape index (κ1) is 19.8. The van der Waals surface area contributed by atoms with Crippen LogP contribution in [0.2, 0.25) is 0 Å². The number of alkyl halides is 6. The summed E-state index contributed by atoms with van der Waals surface area (Å²) in [4.78, 5) is 17.9. The van der Waals surface area contributed by atoms with Crippen molar-refractivity contribution in [2.45, 2.75) is 37.8 Å². The van der Waals surface area contributed by atoms with Gasteiger partial charge in [0.25, 0.3) is 0 Å². The molecule has 0 atom stereocenters. The Morgan fingerprint density at radius 1 is 1.12 bits per heavy atom. The molecule has 0 aromatic carbocycles. The number of nitrogens with zero attached hydrogens (tertiary/aromatic N) is 2. The van der Waals surface area contributed by atoms with Gasteiger partial charge in [0.15, 0.2) is 0 Å². The molecule has 0 spiro atoms. The third-order valence-electron chi connectivity index (χ3n) is 2.74. The molecule has 136 valence electrons. The Bertz CT molecular complexity index is 521. The monoisotopic (exact) mass is 360 g/mol. The Kier molecular flexibility index (Phi) is 6.21. The molecule has 0 unspecified atom stereocenters. The summed E-state index contributed by atoms with van der Waals surface area (Å²) in [6.07, 6.45) is -11.1. The minimum absolute atomic E-state index is 0.285. The maximum absolute atomic E-state index is 13.2. The van der Waals surface area contributed by atoms with Gasteiger partial charge in [0, 0.05) is 12.4 Å². The second kappa shape index (κ2) is 7.53. The quantitative estimate of drug-likeness (QED) is 0.463. The molecule has 0 aliphatic carbocycles. The van der Waals surface area contributed by atoms with Gasteiger partial charge in [-0.3, -0.25) is 5.32 Å². The van der Waals surface area contributed by atoms with Gasteiger partial charge in [-0.15, -0.1) is 0 Å². The summed E-state index contributed by atoms with van der Waals surface area (Å²) in [7, 11) is 0. The second-order valence-corrected chi connectivity index (χ2v) is 4.56. The van der Waals surface area contributed by atoms with Crippen LogP contribution in [0.3, 0.4) is 0 Å². The number of aromatic nitrogens is 2. The second-order valence-electron chi connectivity index (χ2n) is 4.56. The number of rotatable bonds is 6. The highest BCUT2D eigenvalue weighted by molar-refractivity contribution is 5.69. The Hall–Kier alpha value is -2.27. The predicted molar refractivity (Wildman–Crippen MR) is 69.9 cm³/mol. The fourth-order valence-corrected chi connectivity index (χ4v) is 1.51. The van der Waals surface area contributed by atoms with Crippen molar-refractivity contribution in [3.63, 3.8) is 0 Å². The van der Waals surface area contributed by atoms with Gasteiger partial charge in [-0.1, -0.05) is 13.3 Å². The lowest BCUT2D eigenvalue weighted by atomic mass is 10.1. The van der Waals surface area contributed by atoms with Crippen LogP contribution in [-0.2, 0) is 4.74 Å². The third kappa shape index (κ3) is 4.61. The smallest absolute Gasteiger partial charge is 0.439 e. The summed E-state index contributed by atoms with van der Waals surface area (Å²) in [5.41, 5.74) is -4.80. The lowest BCUT2D eigenvalue weighted by Gasteiger charge is -2.37. The molecule has 24 heavy (non-hydrogen) atoms. The van der Waals surface area contributed by atoms with Crippen molar-refractivity contribution < 1.29 is 35.9 Å². The zero-order valence-corrected chi connectivity index (χ0v) is 12.3. The van der Waals surface area contributed by atoms with Crippen molar-refractivity contribution in [3.05, 3.63) is 18.5 Å². The van der Waals surface area contributed by atoms with Crippen LogP contribution >= 0.6 is 0 Å². The summed E-state index contributed by atoms with van der Waals surface area (Å²) < 4.78 is 83.5. The summed E-state index contributed by atoms with van der Waals surface area (Å²) in [5.74, 6) is -0.971. The third-order valence-corrected chi connectivity index (χ3v) is 2.74. The lowest BCUT2D eigenvalue weighted by molar-refractivity contribution is -0.295. The number of ether oxygens (including phenoxy) is 1. The van der Waals surface area contributed by atoms with Crippen molar-refractivity contribution in [3.8, 4) is 0 Å². The highest BCUT2D eigenvalue weighted by atomic mass is 19.4. The first-order valence-electron chi connectivity index (χ1n) is 6.67. The number of hydrogen-bond donors (Lipinski definition) is 2. The van der Waals surface area contributed by atoms with E-state index in [0.717, 1.165) is 23.0 Å². The van der Waals surface area contributed by atoms with Crippen molar-refractivity contribution in [1.29, 1.82) is 0 Å². The van der Waals surface area contributed by atoms with Crippen LogP contribution in [0.1, 0.15) is 19.8 Å². The molecule has 0 radical (unpaired) electrons. The average molecular weight is 360 g/mol. The molecule has 1 aromatic heterocycles. The van der Waals surface area contributed by atoms with E-state index in [1.807, 2.05) is 0 Å². The zero-order valence-electron chi connectivity index (χ0n) is 12.3. The van der Waals surface area contributed by atoms with E-state index >= 15 is 0 Å².